The summed E-state index contributed by atoms with van der Waals surface area (Å²) in [4.78, 5) is 13.0. The monoisotopic (exact) mass is 505 g/mol. The van der Waals surface area contributed by atoms with Crippen molar-refractivity contribution in [3.05, 3.63) is 89.5 Å². The normalized spacial score (nSPS) is 11.9. The van der Waals surface area contributed by atoms with Gasteiger partial charge in [-0.1, -0.05) is 102 Å². The molecule has 0 saturated carbocycles. The number of esters is 1. The average molecular weight is 506 g/mol. The number of carbonyl (C=O) groups is 1. The lowest BCUT2D eigenvalue weighted by Gasteiger charge is -2.42. The summed E-state index contributed by atoms with van der Waals surface area (Å²) >= 11 is 0. The van der Waals surface area contributed by atoms with Crippen LogP contribution in [-0.4, -0.2) is 21.4 Å². The third kappa shape index (κ3) is 5.59. The molecule has 3 aromatic carbocycles. The van der Waals surface area contributed by atoms with Crippen LogP contribution in [-0.2, 0) is 4.74 Å². The fourth-order valence-corrected chi connectivity index (χ4v) is 10.6. The number of carbonyl (C=O) groups excluding carboxylic acids is 1. The Morgan fingerprint density at radius 1 is 0.778 bits per heavy atom. The summed E-state index contributed by atoms with van der Waals surface area (Å²) in [7, 11) is -0.904. The number of methoxy groups -OCH3 is 1. The fraction of sp³-hybridized carbons (Fsp3) is 0.367. The minimum atomic E-state index is -2.26. The zero-order valence-corrected chi connectivity index (χ0v) is 23.4. The SMILES string of the molecule is COC(=O)c1cc(O[Si](C(C)C)(C(C)C)C(C)C)cc(N)c1OC(c1ccccc1)c1ccccc1. The van der Waals surface area contributed by atoms with Gasteiger partial charge >= 0.3 is 5.97 Å². The van der Waals surface area contributed by atoms with E-state index in [1.54, 1.807) is 12.1 Å². The van der Waals surface area contributed by atoms with Crippen molar-refractivity contribution in [2.75, 3.05) is 12.8 Å². The van der Waals surface area contributed by atoms with Crippen molar-refractivity contribution >= 4 is 20.0 Å². The smallest absolute Gasteiger partial charge is 0.341 e. The summed E-state index contributed by atoms with van der Waals surface area (Å²) in [5.41, 5.74) is 10.2. The van der Waals surface area contributed by atoms with E-state index >= 15 is 0 Å². The van der Waals surface area contributed by atoms with Gasteiger partial charge in [-0.15, -0.1) is 0 Å². The predicted molar refractivity (Wildman–Crippen MR) is 149 cm³/mol. The number of hydrogen-bond acceptors (Lipinski definition) is 5. The van der Waals surface area contributed by atoms with Gasteiger partial charge in [0.1, 0.15) is 17.4 Å². The molecule has 0 aromatic heterocycles. The highest BCUT2D eigenvalue weighted by Crippen LogP contribution is 2.45. The Morgan fingerprint density at radius 2 is 1.25 bits per heavy atom. The van der Waals surface area contributed by atoms with Crippen molar-refractivity contribution in [3.8, 4) is 11.5 Å². The van der Waals surface area contributed by atoms with Gasteiger partial charge in [-0.25, -0.2) is 4.79 Å². The first kappa shape index (κ1) is 27.3. The lowest BCUT2D eigenvalue weighted by molar-refractivity contribution is 0.0594. The summed E-state index contributed by atoms with van der Waals surface area (Å²) in [6.07, 6.45) is -0.458. The van der Waals surface area contributed by atoms with Crippen LogP contribution in [0.3, 0.4) is 0 Å². The molecule has 6 heteroatoms. The minimum Gasteiger partial charge on any atom is -0.543 e. The third-order valence-corrected chi connectivity index (χ3v) is 12.9. The maximum Gasteiger partial charge on any atom is 0.341 e. The molecule has 0 saturated heterocycles. The molecule has 36 heavy (non-hydrogen) atoms. The first-order valence-corrected chi connectivity index (χ1v) is 14.7. The van der Waals surface area contributed by atoms with Gasteiger partial charge in [-0.3, -0.25) is 0 Å². The van der Waals surface area contributed by atoms with Crippen LogP contribution in [0.4, 0.5) is 5.69 Å². The molecule has 0 unspecified atom stereocenters. The highest BCUT2D eigenvalue weighted by atomic mass is 28.4. The molecule has 0 aliphatic rings. The second-order valence-electron chi connectivity index (χ2n) is 10.1. The van der Waals surface area contributed by atoms with Gasteiger partial charge in [0, 0.05) is 6.07 Å². The molecule has 192 valence electrons. The van der Waals surface area contributed by atoms with E-state index in [1.807, 2.05) is 60.7 Å². The van der Waals surface area contributed by atoms with Crippen molar-refractivity contribution in [2.45, 2.75) is 64.3 Å². The maximum atomic E-state index is 13.0. The van der Waals surface area contributed by atoms with Gasteiger partial charge in [0.2, 0.25) is 0 Å². The molecule has 0 aliphatic carbocycles. The molecule has 3 aromatic rings. The van der Waals surface area contributed by atoms with Crippen LogP contribution in [0.2, 0.25) is 16.6 Å². The van der Waals surface area contributed by atoms with Crippen molar-refractivity contribution in [3.63, 3.8) is 0 Å². The van der Waals surface area contributed by atoms with E-state index in [0.717, 1.165) is 11.1 Å². The molecule has 0 fully saturated rings. The average Bonchev–Trinajstić information content (AvgIpc) is 2.86. The summed E-state index contributed by atoms with van der Waals surface area (Å²) in [5, 5.41) is 0. The molecule has 3 rings (SSSR count). The van der Waals surface area contributed by atoms with Gasteiger partial charge in [-0.05, 0) is 33.8 Å². The van der Waals surface area contributed by atoms with Gasteiger partial charge in [0.25, 0.3) is 8.32 Å². The number of hydrogen-bond donors (Lipinski definition) is 1. The van der Waals surface area contributed by atoms with E-state index in [2.05, 4.69) is 41.5 Å². The van der Waals surface area contributed by atoms with Crippen molar-refractivity contribution < 1.29 is 18.7 Å². The molecule has 0 heterocycles. The Labute approximate surface area is 216 Å². The molecular weight excluding hydrogens is 466 g/mol. The topological polar surface area (TPSA) is 70.8 Å². The quantitative estimate of drug-likeness (QED) is 0.173. The zero-order valence-electron chi connectivity index (χ0n) is 22.4. The lowest BCUT2D eigenvalue weighted by Crippen LogP contribution is -2.50. The van der Waals surface area contributed by atoms with E-state index in [4.69, 9.17) is 19.6 Å². The Kier molecular flexibility index (Phi) is 8.85. The van der Waals surface area contributed by atoms with Crippen LogP contribution >= 0.6 is 0 Å². The minimum absolute atomic E-state index is 0.253. The molecule has 0 radical (unpaired) electrons. The first-order valence-electron chi connectivity index (χ1n) is 12.6. The largest absolute Gasteiger partial charge is 0.543 e. The Morgan fingerprint density at radius 3 is 1.67 bits per heavy atom. The molecule has 0 amide bonds. The molecule has 2 N–H and O–H groups in total. The Hall–Kier alpha value is -3.25. The summed E-state index contributed by atoms with van der Waals surface area (Å²) in [6.45, 7) is 13.3. The Bertz CT molecular complexity index is 1090. The van der Waals surface area contributed by atoms with Crippen LogP contribution in [0.25, 0.3) is 0 Å². The van der Waals surface area contributed by atoms with Crippen LogP contribution < -0.4 is 14.9 Å². The third-order valence-electron chi connectivity index (χ3n) is 6.94. The van der Waals surface area contributed by atoms with E-state index in [-0.39, 0.29) is 11.3 Å². The fourth-order valence-electron chi connectivity index (χ4n) is 5.34. The second-order valence-corrected chi connectivity index (χ2v) is 15.5. The number of nitrogens with two attached hydrogens (primary N) is 1. The number of ether oxygens (including phenoxy) is 2. The second kappa shape index (κ2) is 11.7. The summed E-state index contributed by atoms with van der Waals surface area (Å²) in [5.74, 6) is 0.352. The number of benzene rings is 3. The van der Waals surface area contributed by atoms with Crippen molar-refractivity contribution in [1.29, 1.82) is 0 Å². The summed E-state index contributed by atoms with van der Waals surface area (Å²) in [6, 6.07) is 23.3. The van der Waals surface area contributed by atoms with Crippen LogP contribution in [0.15, 0.2) is 72.8 Å². The van der Waals surface area contributed by atoms with E-state index in [1.165, 1.54) is 7.11 Å². The number of nitrogen functional groups attached to an aromatic ring is 1. The number of rotatable bonds is 10. The Balaban J connectivity index is 2.12. The lowest BCUT2D eigenvalue weighted by atomic mass is 10.0. The first-order chi connectivity index (χ1) is 17.1. The molecule has 0 spiro atoms. The van der Waals surface area contributed by atoms with Gasteiger partial charge in [0.15, 0.2) is 5.75 Å². The van der Waals surface area contributed by atoms with Crippen molar-refractivity contribution in [2.24, 2.45) is 0 Å². The van der Waals surface area contributed by atoms with Gasteiger partial charge < -0.3 is 19.6 Å². The molecular formula is C30H39NO4Si. The van der Waals surface area contributed by atoms with Crippen LogP contribution in [0.5, 0.6) is 11.5 Å². The highest BCUT2D eigenvalue weighted by molar-refractivity contribution is 6.78. The van der Waals surface area contributed by atoms with E-state index < -0.39 is 20.4 Å². The molecule has 0 aliphatic heterocycles. The van der Waals surface area contributed by atoms with Crippen LogP contribution in [0, 0.1) is 0 Å². The number of anilines is 1. The predicted octanol–water partition coefficient (Wildman–Crippen LogP) is 7.78. The van der Waals surface area contributed by atoms with Crippen molar-refractivity contribution in [1.82, 2.24) is 0 Å². The molecule has 0 atom stereocenters. The summed E-state index contributed by atoms with van der Waals surface area (Å²) < 4.78 is 18.5. The molecule has 5 nitrogen and oxygen atoms in total. The van der Waals surface area contributed by atoms with Gasteiger partial charge in [-0.2, -0.15) is 0 Å². The molecule has 0 bridgehead atoms. The standard InChI is InChI=1S/C30H39NO4Si/c1-20(2)36(21(3)4,22(5)6)35-25-18-26(30(32)33-7)29(27(31)19-25)34-28(23-14-10-8-11-15-23)24-16-12-9-13-17-24/h8-22,28H,31H2,1-7H3. The highest BCUT2D eigenvalue weighted by Gasteiger charge is 2.47. The van der Waals surface area contributed by atoms with Crippen LogP contribution in [0.1, 0.15) is 69.1 Å². The zero-order chi connectivity index (χ0) is 26.5. The van der Waals surface area contributed by atoms with Gasteiger partial charge in [0.05, 0.1) is 12.8 Å². The van der Waals surface area contributed by atoms with E-state index in [9.17, 15) is 4.79 Å². The maximum absolute atomic E-state index is 13.0. The van der Waals surface area contributed by atoms with E-state index in [0.29, 0.717) is 28.1 Å².